The van der Waals surface area contributed by atoms with Gasteiger partial charge in [-0.3, -0.25) is 0 Å². The van der Waals surface area contributed by atoms with E-state index in [1.165, 1.54) is 12.1 Å². The Hall–Kier alpha value is -1.33. The molecule has 0 aromatic heterocycles. The molecule has 86 valence electrons. The number of hydrogen-bond acceptors (Lipinski definition) is 1. The van der Waals surface area contributed by atoms with Gasteiger partial charge >= 0.3 is 0 Å². The van der Waals surface area contributed by atoms with E-state index in [0.29, 0.717) is 6.04 Å². The molecule has 1 N–H and O–H groups in total. The van der Waals surface area contributed by atoms with Crippen LogP contribution in [0.25, 0.3) is 0 Å². The summed E-state index contributed by atoms with van der Waals surface area (Å²) in [5, 5.41) is 3.44. The second-order valence-corrected chi connectivity index (χ2v) is 3.95. The first kappa shape index (κ1) is 12.7. The van der Waals surface area contributed by atoms with Gasteiger partial charge in [0.25, 0.3) is 0 Å². The van der Waals surface area contributed by atoms with Crippen molar-refractivity contribution in [2.75, 3.05) is 0 Å². The molecule has 2 atom stereocenters. The highest BCUT2D eigenvalue weighted by atomic mass is 19.1. The predicted molar refractivity (Wildman–Crippen MR) is 65.5 cm³/mol. The molecule has 0 fully saturated rings. The van der Waals surface area contributed by atoms with E-state index in [1.807, 2.05) is 0 Å². The Morgan fingerprint density at radius 1 is 1.38 bits per heavy atom. The largest absolute Gasteiger partial charge is 0.307 e. The molecule has 0 heterocycles. The Bertz CT molecular complexity index is 350. The molecule has 0 aliphatic carbocycles. The Kier molecular flexibility index (Phi) is 5.01. The van der Waals surface area contributed by atoms with Gasteiger partial charge in [-0.05, 0) is 31.0 Å². The van der Waals surface area contributed by atoms with E-state index in [0.717, 1.165) is 18.4 Å². The fourth-order valence-electron chi connectivity index (χ4n) is 1.66. The van der Waals surface area contributed by atoms with Crippen LogP contribution >= 0.6 is 0 Å². The Labute approximate surface area is 97.1 Å². The third-order valence-electron chi connectivity index (χ3n) is 2.71. The number of nitrogens with one attached hydrogen (secondary N) is 1. The highest BCUT2D eigenvalue weighted by molar-refractivity contribution is 5.19. The van der Waals surface area contributed by atoms with Gasteiger partial charge < -0.3 is 5.32 Å². The van der Waals surface area contributed by atoms with Crippen LogP contribution in [0, 0.1) is 18.2 Å². The molecule has 0 spiro atoms. The van der Waals surface area contributed by atoms with Gasteiger partial charge in [-0.25, -0.2) is 4.39 Å². The average molecular weight is 219 g/mol. The van der Waals surface area contributed by atoms with Crippen molar-refractivity contribution in [2.24, 2.45) is 0 Å². The van der Waals surface area contributed by atoms with Crippen molar-refractivity contribution < 1.29 is 4.39 Å². The second kappa shape index (κ2) is 6.30. The van der Waals surface area contributed by atoms with Crippen molar-refractivity contribution in [1.82, 2.24) is 5.32 Å². The molecule has 2 heteroatoms. The van der Waals surface area contributed by atoms with Crippen LogP contribution in [0.1, 0.15) is 38.3 Å². The van der Waals surface area contributed by atoms with E-state index >= 15 is 0 Å². The molecular formula is C14H18FN. The van der Waals surface area contributed by atoms with E-state index in [-0.39, 0.29) is 11.9 Å². The molecule has 1 aromatic carbocycles. The first-order valence-electron chi connectivity index (χ1n) is 5.62. The molecular weight excluding hydrogens is 201 g/mol. The van der Waals surface area contributed by atoms with E-state index in [9.17, 15) is 4.39 Å². The number of terminal acetylenes is 1. The van der Waals surface area contributed by atoms with Crippen molar-refractivity contribution >= 4 is 0 Å². The number of benzene rings is 1. The standard InChI is InChI=1S/C14H18FN/c1-4-6-14(5-2)16-11(3)12-7-9-13(15)10-8-12/h1,7-11,14,16H,5-6H2,2-3H3. The summed E-state index contributed by atoms with van der Waals surface area (Å²) < 4.78 is 12.8. The second-order valence-electron chi connectivity index (χ2n) is 3.95. The van der Waals surface area contributed by atoms with Crippen molar-refractivity contribution in [3.05, 3.63) is 35.6 Å². The average Bonchev–Trinajstić information content (AvgIpc) is 2.29. The highest BCUT2D eigenvalue weighted by Gasteiger charge is 2.10. The molecule has 0 aliphatic heterocycles. The van der Waals surface area contributed by atoms with E-state index < -0.39 is 0 Å². The monoisotopic (exact) mass is 219 g/mol. The SMILES string of the molecule is C#CCC(CC)NC(C)c1ccc(F)cc1. The topological polar surface area (TPSA) is 12.0 Å². The smallest absolute Gasteiger partial charge is 0.123 e. The molecule has 0 aliphatic rings. The molecule has 0 radical (unpaired) electrons. The molecule has 0 amide bonds. The summed E-state index contributed by atoms with van der Waals surface area (Å²) in [7, 11) is 0. The van der Waals surface area contributed by atoms with Gasteiger partial charge in [0.05, 0.1) is 0 Å². The zero-order valence-corrected chi connectivity index (χ0v) is 9.83. The molecule has 1 nitrogen and oxygen atoms in total. The van der Waals surface area contributed by atoms with Gasteiger partial charge in [0.15, 0.2) is 0 Å². The van der Waals surface area contributed by atoms with E-state index in [4.69, 9.17) is 6.42 Å². The molecule has 0 bridgehead atoms. The minimum absolute atomic E-state index is 0.193. The summed E-state index contributed by atoms with van der Waals surface area (Å²) in [5.74, 6) is 2.46. The Morgan fingerprint density at radius 2 is 2.00 bits per heavy atom. The lowest BCUT2D eigenvalue weighted by molar-refractivity contribution is 0.449. The fraction of sp³-hybridized carbons (Fsp3) is 0.429. The first-order chi connectivity index (χ1) is 7.67. The molecule has 0 saturated carbocycles. The minimum Gasteiger partial charge on any atom is -0.307 e. The lowest BCUT2D eigenvalue weighted by atomic mass is 10.1. The third kappa shape index (κ3) is 3.67. The lowest BCUT2D eigenvalue weighted by Crippen LogP contribution is -2.30. The third-order valence-corrected chi connectivity index (χ3v) is 2.71. The van der Waals surface area contributed by atoms with Gasteiger partial charge in [-0.2, -0.15) is 0 Å². The summed E-state index contributed by atoms with van der Waals surface area (Å²) >= 11 is 0. The van der Waals surface area contributed by atoms with Crippen LogP contribution in [0.5, 0.6) is 0 Å². The summed E-state index contributed by atoms with van der Waals surface area (Å²) in [5.41, 5.74) is 1.08. The molecule has 0 saturated heterocycles. The molecule has 1 aromatic rings. The van der Waals surface area contributed by atoms with Crippen molar-refractivity contribution in [2.45, 2.75) is 38.8 Å². The van der Waals surface area contributed by atoms with Crippen LogP contribution in [-0.4, -0.2) is 6.04 Å². The summed E-state index contributed by atoms with van der Waals surface area (Å²) in [6, 6.07) is 7.08. The maximum Gasteiger partial charge on any atom is 0.123 e. The van der Waals surface area contributed by atoms with Crippen LogP contribution in [0.2, 0.25) is 0 Å². The Balaban J connectivity index is 2.60. The summed E-state index contributed by atoms with van der Waals surface area (Å²) in [6.07, 6.45) is 7.02. The Morgan fingerprint density at radius 3 is 2.50 bits per heavy atom. The highest BCUT2D eigenvalue weighted by Crippen LogP contribution is 2.14. The molecule has 1 rings (SSSR count). The van der Waals surface area contributed by atoms with Gasteiger partial charge in [0.1, 0.15) is 5.82 Å². The summed E-state index contributed by atoms with van der Waals surface area (Å²) in [6.45, 7) is 4.17. The number of rotatable bonds is 5. The number of halogens is 1. The van der Waals surface area contributed by atoms with Crippen LogP contribution in [-0.2, 0) is 0 Å². The van der Waals surface area contributed by atoms with Crippen LogP contribution in [0.3, 0.4) is 0 Å². The zero-order valence-electron chi connectivity index (χ0n) is 9.83. The van der Waals surface area contributed by atoms with Crippen molar-refractivity contribution in [3.63, 3.8) is 0 Å². The van der Waals surface area contributed by atoms with E-state index in [1.54, 1.807) is 12.1 Å². The van der Waals surface area contributed by atoms with Crippen LogP contribution < -0.4 is 5.32 Å². The minimum atomic E-state index is -0.202. The molecule has 16 heavy (non-hydrogen) atoms. The number of hydrogen-bond donors (Lipinski definition) is 1. The van der Waals surface area contributed by atoms with Crippen LogP contribution in [0.4, 0.5) is 4.39 Å². The lowest BCUT2D eigenvalue weighted by Gasteiger charge is -2.21. The maximum absolute atomic E-state index is 12.8. The molecule has 2 unspecified atom stereocenters. The van der Waals surface area contributed by atoms with E-state index in [2.05, 4.69) is 25.1 Å². The quantitative estimate of drug-likeness (QED) is 0.749. The summed E-state index contributed by atoms with van der Waals surface area (Å²) in [4.78, 5) is 0. The van der Waals surface area contributed by atoms with Crippen molar-refractivity contribution in [1.29, 1.82) is 0 Å². The van der Waals surface area contributed by atoms with Gasteiger partial charge in [-0.15, -0.1) is 12.3 Å². The van der Waals surface area contributed by atoms with Gasteiger partial charge in [0, 0.05) is 18.5 Å². The van der Waals surface area contributed by atoms with Crippen LogP contribution in [0.15, 0.2) is 24.3 Å². The predicted octanol–water partition coefficient (Wildman–Crippen LogP) is 3.28. The van der Waals surface area contributed by atoms with Gasteiger partial charge in [0.2, 0.25) is 0 Å². The zero-order chi connectivity index (χ0) is 12.0. The normalized spacial score (nSPS) is 14.1. The maximum atomic E-state index is 12.8. The van der Waals surface area contributed by atoms with Crippen molar-refractivity contribution in [3.8, 4) is 12.3 Å². The first-order valence-corrected chi connectivity index (χ1v) is 5.62. The van der Waals surface area contributed by atoms with Gasteiger partial charge in [-0.1, -0.05) is 19.1 Å². The fourth-order valence-corrected chi connectivity index (χ4v) is 1.66.